The first-order valence-corrected chi connectivity index (χ1v) is 14.1. The number of nitrogens with one attached hydrogen (secondary N) is 1. The Morgan fingerprint density at radius 1 is 0.674 bits per heavy atom. The minimum absolute atomic E-state index is 0.519. The molecule has 0 atom stereocenters. The van der Waals surface area contributed by atoms with E-state index >= 15 is 0 Å². The highest BCUT2D eigenvalue weighted by Crippen LogP contribution is 2.20. The fourth-order valence-corrected chi connectivity index (χ4v) is 4.83. The fraction of sp³-hybridized carbons (Fsp3) is 0.381. The molecule has 2 heterocycles. The van der Waals surface area contributed by atoms with Crippen molar-refractivity contribution in [1.82, 2.24) is 0 Å². The minimum Gasteiger partial charge on any atom is -0.399 e. The summed E-state index contributed by atoms with van der Waals surface area (Å²) in [6.45, 7) is 6.79. The van der Waals surface area contributed by atoms with Crippen LogP contribution >= 0.6 is 0 Å². The van der Waals surface area contributed by atoms with Crippen LogP contribution in [0.1, 0.15) is 0 Å². The molecule has 2 aliphatic heterocycles. The Kier molecular flexibility index (Phi) is 16.7. The third-order valence-electron chi connectivity index (χ3n) is 6.96. The lowest BCUT2D eigenvalue weighted by molar-refractivity contribution is 0.122. The van der Waals surface area contributed by atoms with Gasteiger partial charge in [-0.25, -0.2) is 4.79 Å². The third-order valence-corrected chi connectivity index (χ3v) is 6.96. The van der Waals surface area contributed by atoms with Gasteiger partial charge in [0.15, 0.2) is 0 Å². The van der Waals surface area contributed by atoms with Gasteiger partial charge in [0.05, 0.1) is 26.4 Å². The number of carbonyl (C=O) groups is 1. The Hall–Kier alpha value is -2.06. The van der Waals surface area contributed by atoms with E-state index in [1.807, 2.05) is 42.5 Å². The van der Waals surface area contributed by atoms with Crippen LogP contribution in [0.5, 0.6) is 0 Å². The van der Waals surface area contributed by atoms with Crippen molar-refractivity contribution >= 4 is 129 Å². The number of nitrogens with zero attached hydrogens (tertiary/aromatic N) is 2. The second-order valence-electron chi connectivity index (χ2n) is 10.3. The molecule has 2 saturated heterocycles. The largest absolute Gasteiger partial charge is 0.399 e. The van der Waals surface area contributed by atoms with Gasteiger partial charge in [0.1, 0.15) is 0 Å². The summed E-state index contributed by atoms with van der Waals surface area (Å²) < 4.78 is 10.6. The van der Waals surface area contributed by atoms with E-state index in [-0.39, 0.29) is 0 Å². The first-order valence-electron chi connectivity index (χ1n) is 14.1. The summed E-state index contributed by atoms with van der Waals surface area (Å²) >= 11 is 0. The molecule has 4 rings (SSSR count). The molecule has 5 N–H and O–H groups in total. The number of nitrogens with two attached hydrogens (primary N) is 2. The normalized spacial score (nSPS) is 14.0. The summed E-state index contributed by atoms with van der Waals surface area (Å²) in [5.74, 6) is 0. The Bertz CT molecular complexity index is 1060. The van der Waals surface area contributed by atoms with Crippen LogP contribution < -0.4 is 26.6 Å². The number of benzene rings is 2. The molecule has 0 aliphatic carbocycles. The maximum Gasteiger partial charge on any atom is 0.316 e. The SMILES string of the molecule is NC(=O)Nc1cccc(N2CCOCC2)c1.Nc1cccc(N2CCOCC2)c1.[B]B([B])B(B([B])[B])B(B([B])[B])B([B])[B]. The number of nitrogen functional groups attached to an aromatic ring is 1. The second kappa shape index (κ2) is 19.4. The summed E-state index contributed by atoms with van der Waals surface area (Å²) in [4.78, 5) is 15.2. The second-order valence-corrected chi connectivity index (χ2v) is 10.3. The average molecular weight is 551 g/mol. The van der Waals surface area contributed by atoms with Crippen LogP contribution in [-0.2, 0) is 9.47 Å². The summed E-state index contributed by atoms with van der Waals surface area (Å²) in [7, 11) is 44.1. The summed E-state index contributed by atoms with van der Waals surface area (Å²) in [6, 6.07) is 15.1. The maximum atomic E-state index is 10.7. The third kappa shape index (κ3) is 13.2. The van der Waals surface area contributed by atoms with E-state index in [0.29, 0.717) is 0 Å². The van der Waals surface area contributed by atoms with Crippen LogP contribution in [0.2, 0.25) is 0 Å². The average Bonchev–Trinajstić information content (AvgIpc) is 2.96. The lowest BCUT2D eigenvalue weighted by atomic mass is 8.47. The van der Waals surface area contributed by atoms with Gasteiger partial charge in [-0.1, -0.05) is 12.1 Å². The molecule has 0 aromatic heterocycles. The standard InChI is InChI=1S/C11H15N3O2.C10H14N2O.B14/c12-11(15)13-9-2-1-3-10(8-9)14-4-6-16-7-5-14;11-9-2-1-3-10(8-9)12-4-6-13-7-5-12;1-9(2)13(10(3)4)14(11(5)6)12(7)8/h1-3,8H,4-7H2,(H3,12,13,15);1-3,8H,4-7,11H2;. The zero-order valence-electron chi connectivity index (χ0n) is 24.6. The summed E-state index contributed by atoms with van der Waals surface area (Å²) in [5.41, 5.74) is 14.6. The number of primary amides is 1. The molecule has 2 amide bonds. The van der Waals surface area contributed by atoms with Gasteiger partial charge in [0.25, 0.3) is 0 Å². The van der Waals surface area contributed by atoms with E-state index in [2.05, 4.69) is 21.2 Å². The zero-order valence-corrected chi connectivity index (χ0v) is 24.6. The zero-order chi connectivity index (χ0) is 31.9. The number of rotatable bonds is 8. The van der Waals surface area contributed by atoms with Crippen LogP contribution in [0.4, 0.5) is 27.5 Å². The quantitative estimate of drug-likeness (QED) is 0.236. The van der Waals surface area contributed by atoms with E-state index in [9.17, 15) is 4.79 Å². The van der Waals surface area contributed by atoms with Gasteiger partial charge < -0.3 is 36.1 Å². The number of ether oxygens (including phenoxy) is 2. The number of hydrogen-bond acceptors (Lipinski definition) is 6. The lowest BCUT2D eigenvalue weighted by Gasteiger charge is -2.34. The minimum atomic E-state index is -0.760. The molecule has 22 heteroatoms. The molecular weight excluding hydrogens is 522 g/mol. The smallest absolute Gasteiger partial charge is 0.316 e. The predicted octanol–water partition coefficient (Wildman–Crippen LogP) is -3.21. The molecule has 43 heavy (non-hydrogen) atoms. The molecule has 2 aromatic carbocycles. The topological polar surface area (TPSA) is 106 Å². The highest BCUT2D eigenvalue weighted by Gasteiger charge is 2.35. The van der Waals surface area contributed by atoms with E-state index in [4.69, 9.17) is 82.8 Å². The molecule has 0 unspecified atom stereocenters. The van der Waals surface area contributed by atoms with Crippen molar-refractivity contribution in [3.8, 4) is 0 Å². The number of amides is 2. The number of anilines is 4. The Morgan fingerprint density at radius 3 is 1.44 bits per heavy atom. The molecule has 0 bridgehead atoms. The van der Waals surface area contributed by atoms with Crippen molar-refractivity contribution in [3.05, 3.63) is 48.5 Å². The first-order chi connectivity index (χ1) is 20.4. The van der Waals surface area contributed by atoms with Gasteiger partial charge in [-0.3, -0.25) is 0 Å². The van der Waals surface area contributed by atoms with Gasteiger partial charge in [0.2, 0.25) is 0 Å². The van der Waals surface area contributed by atoms with Crippen molar-refractivity contribution in [2.45, 2.75) is 0 Å². The van der Waals surface area contributed by atoms with Crippen molar-refractivity contribution in [2.24, 2.45) is 5.73 Å². The number of hydrogen-bond donors (Lipinski definition) is 3. The van der Waals surface area contributed by atoms with Crippen LogP contribution in [-0.4, -0.2) is 159 Å². The Balaban J connectivity index is 0.000000227. The molecule has 198 valence electrons. The van der Waals surface area contributed by atoms with E-state index < -0.39 is 44.3 Å². The monoisotopic (exact) mass is 553 g/mol. The van der Waals surface area contributed by atoms with Gasteiger partial charge in [-0.2, -0.15) is 0 Å². The van der Waals surface area contributed by atoms with Crippen LogP contribution in [0.15, 0.2) is 48.5 Å². The molecule has 2 aromatic rings. The summed E-state index contributed by atoms with van der Waals surface area (Å²) in [6.07, 6.45) is -4.08. The van der Waals surface area contributed by atoms with Crippen molar-refractivity contribution in [3.63, 3.8) is 0 Å². The Morgan fingerprint density at radius 2 is 1.07 bits per heavy atom. The van der Waals surface area contributed by atoms with Gasteiger partial charge in [0, 0.05) is 149 Å². The van der Waals surface area contributed by atoms with Crippen molar-refractivity contribution in [1.29, 1.82) is 0 Å². The highest BCUT2D eigenvalue weighted by atomic mass is 16.5. The van der Waals surface area contributed by atoms with Crippen LogP contribution in [0, 0.1) is 0 Å². The van der Waals surface area contributed by atoms with Crippen molar-refractivity contribution in [2.75, 3.05) is 73.5 Å². The van der Waals surface area contributed by atoms with Gasteiger partial charge in [-0.15, -0.1) is 0 Å². The van der Waals surface area contributed by atoms with E-state index in [1.54, 1.807) is 0 Å². The summed E-state index contributed by atoms with van der Waals surface area (Å²) in [5, 5.41) is 2.57. The molecule has 8 nitrogen and oxygen atoms in total. The van der Waals surface area contributed by atoms with E-state index in [0.717, 1.165) is 69.7 Å². The van der Waals surface area contributed by atoms with Crippen LogP contribution in [0.3, 0.4) is 0 Å². The lowest BCUT2D eigenvalue weighted by Crippen LogP contribution is -2.72. The molecule has 0 saturated carbocycles. The molecular formula is C21H29B14N5O3. The predicted molar refractivity (Wildman–Crippen MR) is 197 cm³/mol. The number of morpholine rings is 2. The fourth-order valence-electron chi connectivity index (χ4n) is 4.83. The van der Waals surface area contributed by atoms with Gasteiger partial charge in [-0.05, 0) is 36.4 Å². The Labute approximate surface area is 270 Å². The molecule has 2 fully saturated rings. The maximum absolute atomic E-state index is 10.7. The number of urea groups is 1. The van der Waals surface area contributed by atoms with Gasteiger partial charge >= 0.3 is 6.03 Å². The molecule has 2 aliphatic rings. The van der Waals surface area contributed by atoms with Crippen molar-refractivity contribution < 1.29 is 14.3 Å². The van der Waals surface area contributed by atoms with E-state index in [1.165, 1.54) is 5.69 Å². The molecule has 16 radical (unpaired) electrons. The molecule has 0 spiro atoms. The van der Waals surface area contributed by atoms with Crippen LogP contribution in [0.25, 0.3) is 0 Å². The first kappa shape index (κ1) is 37.1. The highest BCUT2D eigenvalue weighted by molar-refractivity contribution is 8.10. The number of carbonyl (C=O) groups excluding carboxylic acids is 1.